The minimum atomic E-state index is -0.0993. The van der Waals surface area contributed by atoms with Gasteiger partial charge in [-0.1, -0.05) is 13.8 Å². The van der Waals surface area contributed by atoms with E-state index in [0.29, 0.717) is 63.3 Å². The summed E-state index contributed by atoms with van der Waals surface area (Å²) in [4.78, 5) is 32.3. The number of hydrogen-bond acceptors (Lipinski definition) is 8. The first kappa shape index (κ1) is 24.9. The van der Waals surface area contributed by atoms with Crippen molar-refractivity contribution in [3.63, 3.8) is 0 Å². The highest BCUT2D eigenvalue weighted by Crippen LogP contribution is 2.49. The maximum atomic E-state index is 13.1. The molecule has 196 valence electrons. The van der Waals surface area contributed by atoms with Gasteiger partial charge in [0.15, 0.2) is 0 Å². The van der Waals surface area contributed by atoms with Gasteiger partial charge in [-0.25, -0.2) is 0 Å². The number of carbonyl (C=O) groups is 2. The van der Waals surface area contributed by atoms with E-state index in [2.05, 4.69) is 20.2 Å². The highest BCUT2D eigenvalue weighted by Gasteiger charge is 2.49. The summed E-state index contributed by atoms with van der Waals surface area (Å²) in [7, 11) is 1.85. The summed E-state index contributed by atoms with van der Waals surface area (Å²) in [5, 5.41) is 12.9. The highest BCUT2D eigenvalue weighted by atomic mass is 16.5. The highest BCUT2D eigenvalue weighted by molar-refractivity contribution is 5.95. The molecule has 0 saturated carbocycles. The topological polar surface area (TPSA) is 110 Å². The van der Waals surface area contributed by atoms with Crippen LogP contribution in [0.1, 0.15) is 72.9 Å². The van der Waals surface area contributed by atoms with Gasteiger partial charge in [0, 0.05) is 51.4 Å². The molecule has 0 aromatic carbocycles. The first-order chi connectivity index (χ1) is 17.3. The standard InChI is InChI=1S/C25H37N7O4/c1-17(2)22-27-28-23(36-22)20-13-25(16-32(20)15-21(33)30-9-11-35-12-10-30)5-7-31(8-6-25)24(34)19-14-26-29(4)18(19)3/h14,17,20H,5-13,15-16H2,1-4H3. The lowest BCUT2D eigenvalue weighted by atomic mass is 9.76. The van der Waals surface area contributed by atoms with Gasteiger partial charge in [0.25, 0.3) is 5.91 Å². The smallest absolute Gasteiger partial charge is 0.257 e. The zero-order valence-electron chi connectivity index (χ0n) is 21.8. The molecule has 1 atom stereocenters. The van der Waals surface area contributed by atoms with Crippen LogP contribution >= 0.6 is 0 Å². The minimum Gasteiger partial charge on any atom is -0.423 e. The fraction of sp³-hybridized carbons (Fsp3) is 0.720. The van der Waals surface area contributed by atoms with Crippen LogP contribution in [0.15, 0.2) is 10.6 Å². The Kier molecular flexibility index (Phi) is 6.86. The quantitative estimate of drug-likeness (QED) is 0.612. The lowest BCUT2D eigenvalue weighted by molar-refractivity contribution is -0.136. The summed E-state index contributed by atoms with van der Waals surface area (Å²) in [5.74, 6) is 1.52. The Balaban J connectivity index is 1.31. The molecule has 0 bridgehead atoms. The molecule has 11 heteroatoms. The van der Waals surface area contributed by atoms with Crippen molar-refractivity contribution in [3.8, 4) is 0 Å². The van der Waals surface area contributed by atoms with Crippen LogP contribution in [-0.2, 0) is 16.6 Å². The van der Waals surface area contributed by atoms with Gasteiger partial charge in [-0.05, 0) is 31.6 Å². The van der Waals surface area contributed by atoms with Crippen molar-refractivity contribution in [2.45, 2.75) is 52.0 Å². The second-order valence-corrected chi connectivity index (χ2v) is 10.8. The molecular formula is C25H37N7O4. The first-order valence-corrected chi connectivity index (χ1v) is 13.0. The van der Waals surface area contributed by atoms with Gasteiger partial charge in [0.2, 0.25) is 17.7 Å². The number of ether oxygens (including phenoxy) is 1. The summed E-state index contributed by atoms with van der Waals surface area (Å²) in [5.41, 5.74) is 1.55. The third-order valence-electron chi connectivity index (χ3n) is 8.12. The lowest BCUT2D eigenvalue weighted by Gasteiger charge is -2.39. The summed E-state index contributed by atoms with van der Waals surface area (Å²) in [6.07, 6.45) is 4.26. The predicted octanol–water partition coefficient (Wildman–Crippen LogP) is 1.76. The van der Waals surface area contributed by atoms with E-state index in [1.54, 1.807) is 10.9 Å². The van der Waals surface area contributed by atoms with E-state index in [4.69, 9.17) is 9.15 Å². The zero-order chi connectivity index (χ0) is 25.4. The van der Waals surface area contributed by atoms with Gasteiger partial charge >= 0.3 is 0 Å². The van der Waals surface area contributed by atoms with Crippen molar-refractivity contribution in [3.05, 3.63) is 29.2 Å². The molecule has 0 aliphatic carbocycles. The second-order valence-electron chi connectivity index (χ2n) is 10.8. The van der Waals surface area contributed by atoms with E-state index < -0.39 is 0 Å². The molecule has 2 amide bonds. The molecule has 1 spiro atoms. The molecule has 5 rings (SSSR count). The number of likely N-dealkylation sites (tertiary alicyclic amines) is 2. The molecule has 3 fully saturated rings. The van der Waals surface area contributed by atoms with Crippen LogP contribution in [0.4, 0.5) is 0 Å². The Bertz CT molecular complexity index is 1100. The summed E-state index contributed by atoms with van der Waals surface area (Å²) < 4.78 is 13.2. The van der Waals surface area contributed by atoms with Crippen molar-refractivity contribution in [2.75, 3.05) is 52.5 Å². The number of hydrogen-bond donors (Lipinski definition) is 0. The third-order valence-corrected chi connectivity index (χ3v) is 8.12. The molecule has 3 aliphatic heterocycles. The Hall–Kier alpha value is -2.79. The summed E-state index contributed by atoms with van der Waals surface area (Å²) in [6, 6.07) is -0.0993. The Labute approximate surface area is 211 Å². The molecule has 36 heavy (non-hydrogen) atoms. The van der Waals surface area contributed by atoms with E-state index in [1.165, 1.54) is 0 Å². The molecule has 3 aliphatic rings. The zero-order valence-corrected chi connectivity index (χ0v) is 21.8. The maximum absolute atomic E-state index is 13.1. The largest absolute Gasteiger partial charge is 0.423 e. The van der Waals surface area contributed by atoms with Crippen molar-refractivity contribution in [1.82, 2.24) is 34.7 Å². The van der Waals surface area contributed by atoms with Gasteiger partial charge in [-0.3, -0.25) is 19.2 Å². The van der Waals surface area contributed by atoms with Crippen LogP contribution in [0.2, 0.25) is 0 Å². The van der Waals surface area contributed by atoms with Crippen LogP contribution in [0.3, 0.4) is 0 Å². The molecule has 5 heterocycles. The van der Waals surface area contributed by atoms with Crippen molar-refractivity contribution in [1.29, 1.82) is 0 Å². The molecular weight excluding hydrogens is 462 g/mol. The molecule has 2 aromatic rings. The molecule has 0 N–H and O–H groups in total. The predicted molar refractivity (Wildman–Crippen MR) is 130 cm³/mol. The number of amides is 2. The van der Waals surface area contributed by atoms with Crippen LogP contribution < -0.4 is 0 Å². The number of morpholine rings is 1. The summed E-state index contributed by atoms with van der Waals surface area (Å²) >= 11 is 0. The van der Waals surface area contributed by atoms with Crippen LogP contribution in [0.25, 0.3) is 0 Å². The van der Waals surface area contributed by atoms with Crippen molar-refractivity contribution >= 4 is 11.8 Å². The van der Waals surface area contributed by atoms with Gasteiger partial charge in [-0.15, -0.1) is 10.2 Å². The number of piperidine rings is 1. The van der Waals surface area contributed by atoms with Gasteiger partial charge < -0.3 is 19.0 Å². The average Bonchev–Trinajstić information content (AvgIpc) is 3.58. The number of aromatic nitrogens is 4. The number of nitrogens with zero attached hydrogens (tertiary/aromatic N) is 7. The van der Waals surface area contributed by atoms with Gasteiger partial charge in [0.05, 0.1) is 37.6 Å². The van der Waals surface area contributed by atoms with E-state index in [-0.39, 0.29) is 29.2 Å². The normalized spacial score (nSPS) is 22.6. The molecule has 11 nitrogen and oxygen atoms in total. The Morgan fingerprint density at radius 3 is 2.44 bits per heavy atom. The summed E-state index contributed by atoms with van der Waals surface area (Å²) in [6.45, 7) is 10.9. The van der Waals surface area contributed by atoms with Crippen LogP contribution in [0, 0.1) is 12.3 Å². The Morgan fingerprint density at radius 1 is 1.11 bits per heavy atom. The maximum Gasteiger partial charge on any atom is 0.257 e. The first-order valence-electron chi connectivity index (χ1n) is 13.0. The SMILES string of the molecule is Cc1c(C(=O)N2CCC3(CC2)CC(c2nnc(C(C)C)o2)N(CC(=O)N2CCOCC2)C3)cnn1C. The minimum absolute atomic E-state index is 0.00316. The molecule has 2 aromatic heterocycles. The number of aryl methyl sites for hydroxylation is 1. The van der Waals surface area contributed by atoms with E-state index in [0.717, 1.165) is 31.5 Å². The third kappa shape index (κ3) is 4.78. The monoisotopic (exact) mass is 499 g/mol. The number of rotatable bonds is 5. The molecule has 3 saturated heterocycles. The molecule has 0 radical (unpaired) electrons. The van der Waals surface area contributed by atoms with Gasteiger partial charge in [0.1, 0.15) is 0 Å². The fourth-order valence-corrected chi connectivity index (χ4v) is 5.68. The second kappa shape index (κ2) is 9.93. The van der Waals surface area contributed by atoms with Crippen molar-refractivity contribution in [2.24, 2.45) is 12.5 Å². The fourth-order valence-electron chi connectivity index (χ4n) is 5.68. The van der Waals surface area contributed by atoms with Crippen LogP contribution in [0.5, 0.6) is 0 Å². The van der Waals surface area contributed by atoms with Crippen LogP contribution in [-0.4, -0.2) is 99.0 Å². The van der Waals surface area contributed by atoms with Crippen molar-refractivity contribution < 1.29 is 18.7 Å². The lowest BCUT2D eigenvalue weighted by Crippen LogP contribution is -2.47. The molecule has 1 unspecified atom stereocenters. The van der Waals surface area contributed by atoms with E-state index in [9.17, 15) is 9.59 Å². The van der Waals surface area contributed by atoms with E-state index >= 15 is 0 Å². The Morgan fingerprint density at radius 2 is 1.83 bits per heavy atom. The van der Waals surface area contributed by atoms with E-state index in [1.807, 2.05) is 37.6 Å². The van der Waals surface area contributed by atoms with Gasteiger partial charge in [-0.2, -0.15) is 5.10 Å². The average molecular weight is 500 g/mol. The number of carbonyl (C=O) groups excluding carboxylic acids is 2.